The fraction of sp³-hybridized carbons (Fsp3) is 0.474. The Labute approximate surface area is 177 Å². The van der Waals surface area contributed by atoms with E-state index in [1.807, 2.05) is 50.1 Å². The molecule has 0 radical (unpaired) electrons. The summed E-state index contributed by atoms with van der Waals surface area (Å²) < 4.78 is 5.48. The number of halogens is 2. The number of ether oxygens (including phenoxy) is 1. The van der Waals surface area contributed by atoms with Crippen LogP contribution in [0, 0.1) is 6.92 Å². The number of nitrogens with one attached hydrogen (secondary N) is 1. The third kappa shape index (κ3) is 5.35. The van der Waals surface area contributed by atoms with Crippen LogP contribution in [0.3, 0.4) is 0 Å². The molecule has 1 aliphatic rings. The highest BCUT2D eigenvalue weighted by molar-refractivity contribution is 7.17. The number of hydrogen-bond acceptors (Lipinski definition) is 5. The lowest BCUT2D eigenvalue weighted by Gasteiger charge is -2.24. The van der Waals surface area contributed by atoms with E-state index in [4.69, 9.17) is 4.74 Å². The van der Waals surface area contributed by atoms with E-state index in [9.17, 15) is 4.79 Å². The Kier molecular flexibility index (Phi) is 9.53. The second-order valence-electron chi connectivity index (χ2n) is 6.24. The minimum atomic E-state index is 0. The van der Waals surface area contributed by atoms with Crippen molar-refractivity contribution in [2.24, 2.45) is 0 Å². The molecule has 150 valence electrons. The number of nitrogens with zero attached hydrogens (tertiary/aromatic N) is 2. The summed E-state index contributed by atoms with van der Waals surface area (Å²) in [5.41, 5.74) is 1.83. The zero-order chi connectivity index (χ0) is 17.8. The second kappa shape index (κ2) is 10.9. The maximum Gasteiger partial charge on any atom is 0.266 e. The van der Waals surface area contributed by atoms with E-state index >= 15 is 0 Å². The summed E-state index contributed by atoms with van der Waals surface area (Å²) in [7, 11) is 1.93. The van der Waals surface area contributed by atoms with Crippen LogP contribution in [0.2, 0.25) is 0 Å². The van der Waals surface area contributed by atoms with Gasteiger partial charge in [-0.25, -0.2) is 4.98 Å². The van der Waals surface area contributed by atoms with E-state index in [1.165, 1.54) is 11.3 Å². The number of carbonyl (C=O) groups is 1. The Morgan fingerprint density at radius 1 is 1.33 bits per heavy atom. The molecule has 0 spiro atoms. The molecule has 8 heteroatoms. The Bertz CT molecular complexity index is 737. The summed E-state index contributed by atoms with van der Waals surface area (Å²) in [6, 6.07) is 8.17. The molecule has 0 bridgehead atoms. The van der Waals surface area contributed by atoms with Gasteiger partial charge in [0.15, 0.2) is 0 Å². The maximum absolute atomic E-state index is 13.0. The van der Waals surface area contributed by atoms with Crippen molar-refractivity contribution in [1.29, 1.82) is 0 Å². The van der Waals surface area contributed by atoms with Crippen molar-refractivity contribution in [1.82, 2.24) is 15.2 Å². The predicted molar refractivity (Wildman–Crippen MR) is 116 cm³/mol. The van der Waals surface area contributed by atoms with E-state index in [-0.39, 0.29) is 36.8 Å². The lowest BCUT2D eigenvalue weighted by Crippen LogP contribution is -2.40. The largest absolute Gasteiger partial charge is 0.494 e. The Balaban J connectivity index is 0.00000182. The summed E-state index contributed by atoms with van der Waals surface area (Å²) in [4.78, 5) is 20.4. The standard InChI is InChI=1S/C19H25N3O2S.2ClH/c1-4-24-16-9-7-14(8-10-16)18-21-13(2)17(25-18)19(23)22-11-5-6-15(22)12-20-3;;/h7-10,15,20H,4-6,11-12H2,1-3H3;2*1H. The average molecular weight is 432 g/mol. The Hall–Kier alpha value is -1.34. The van der Waals surface area contributed by atoms with Gasteiger partial charge >= 0.3 is 0 Å². The highest BCUT2D eigenvalue weighted by atomic mass is 35.5. The van der Waals surface area contributed by atoms with Crippen molar-refractivity contribution in [3.8, 4) is 16.3 Å². The molecule has 0 aliphatic carbocycles. The summed E-state index contributed by atoms with van der Waals surface area (Å²) in [6.07, 6.45) is 2.14. The number of hydrogen-bond donors (Lipinski definition) is 1. The highest BCUT2D eigenvalue weighted by Crippen LogP contribution is 2.31. The van der Waals surface area contributed by atoms with Crippen molar-refractivity contribution in [2.45, 2.75) is 32.7 Å². The number of aromatic nitrogens is 1. The smallest absolute Gasteiger partial charge is 0.266 e. The van der Waals surface area contributed by atoms with Crippen LogP contribution in [0.15, 0.2) is 24.3 Å². The zero-order valence-corrected chi connectivity index (χ0v) is 18.3. The number of thiazole rings is 1. The van der Waals surface area contributed by atoms with Crippen LogP contribution in [0.5, 0.6) is 5.75 Å². The van der Waals surface area contributed by atoms with Gasteiger partial charge in [-0.15, -0.1) is 36.2 Å². The number of likely N-dealkylation sites (tertiary alicyclic amines) is 1. The van der Waals surface area contributed by atoms with Crippen LogP contribution in [-0.2, 0) is 0 Å². The first-order chi connectivity index (χ1) is 12.1. The number of carbonyl (C=O) groups excluding carboxylic acids is 1. The third-order valence-electron chi connectivity index (χ3n) is 4.48. The van der Waals surface area contributed by atoms with Gasteiger partial charge in [0.1, 0.15) is 15.6 Å². The van der Waals surface area contributed by atoms with Gasteiger partial charge < -0.3 is 15.0 Å². The van der Waals surface area contributed by atoms with Crippen LogP contribution in [0.1, 0.15) is 35.1 Å². The Morgan fingerprint density at radius 3 is 2.67 bits per heavy atom. The molecule has 5 nitrogen and oxygen atoms in total. The lowest BCUT2D eigenvalue weighted by molar-refractivity contribution is 0.0741. The van der Waals surface area contributed by atoms with Crippen LogP contribution >= 0.6 is 36.2 Å². The maximum atomic E-state index is 13.0. The van der Waals surface area contributed by atoms with Gasteiger partial charge in [0.2, 0.25) is 0 Å². The first-order valence-electron chi connectivity index (χ1n) is 8.80. The molecule has 1 atom stereocenters. The molecule has 1 aromatic heterocycles. The van der Waals surface area contributed by atoms with E-state index in [1.54, 1.807) is 0 Å². The average Bonchev–Trinajstić information content (AvgIpc) is 3.22. The van der Waals surface area contributed by atoms with Crippen LogP contribution < -0.4 is 10.1 Å². The molecular weight excluding hydrogens is 405 g/mol. The van der Waals surface area contributed by atoms with E-state index in [2.05, 4.69) is 10.3 Å². The van der Waals surface area contributed by atoms with Crippen molar-refractivity contribution in [3.63, 3.8) is 0 Å². The van der Waals surface area contributed by atoms with E-state index in [0.717, 1.165) is 52.8 Å². The number of rotatable bonds is 6. The van der Waals surface area contributed by atoms with Crippen LogP contribution in [0.4, 0.5) is 0 Å². The number of benzene rings is 1. The van der Waals surface area contributed by atoms with Gasteiger partial charge in [0.05, 0.1) is 12.3 Å². The fourth-order valence-corrected chi connectivity index (χ4v) is 4.29. The van der Waals surface area contributed by atoms with Crippen molar-refractivity contribution >= 4 is 42.1 Å². The fourth-order valence-electron chi connectivity index (χ4n) is 3.26. The molecule has 1 aromatic carbocycles. The van der Waals surface area contributed by atoms with Gasteiger partial charge in [0.25, 0.3) is 5.91 Å². The summed E-state index contributed by atoms with van der Waals surface area (Å²) >= 11 is 1.48. The molecule has 2 heterocycles. The molecular formula is C19H27Cl2N3O2S. The predicted octanol–water partition coefficient (Wildman–Crippen LogP) is 4.18. The molecule has 1 fully saturated rings. The summed E-state index contributed by atoms with van der Waals surface area (Å²) in [5, 5.41) is 4.07. The molecule has 27 heavy (non-hydrogen) atoms. The number of likely N-dealkylation sites (N-methyl/N-ethyl adjacent to an activating group) is 1. The van der Waals surface area contributed by atoms with Gasteiger partial charge in [-0.3, -0.25) is 4.79 Å². The van der Waals surface area contributed by atoms with E-state index in [0.29, 0.717) is 6.61 Å². The number of aryl methyl sites for hydroxylation is 1. The van der Waals surface area contributed by atoms with Crippen molar-refractivity contribution < 1.29 is 9.53 Å². The van der Waals surface area contributed by atoms with Crippen LogP contribution in [0.25, 0.3) is 10.6 Å². The van der Waals surface area contributed by atoms with Crippen molar-refractivity contribution in [2.75, 3.05) is 26.7 Å². The highest BCUT2D eigenvalue weighted by Gasteiger charge is 2.31. The molecule has 1 N–H and O–H groups in total. The van der Waals surface area contributed by atoms with Crippen molar-refractivity contribution in [3.05, 3.63) is 34.8 Å². The summed E-state index contributed by atoms with van der Waals surface area (Å²) in [6.45, 7) is 6.22. The SMILES string of the molecule is CCOc1ccc(-c2nc(C)c(C(=O)N3CCCC3CNC)s2)cc1.Cl.Cl. The quantitative estimate of drug-likeness (QED) is 0.744. The molecule has 2 aromatic rings. The minimum absolute atomic E-state index is 0. The molecule has 1 saturated heterocycles. The van der Waals surface area contributed by atoms with E-state index < -0.39 is 0 Å². The first kappa shape index (κ1) is 23.7. The van der Waals surface area contributed by atoms with Crippen LogP contribution in [-0.4, -0.2) is 48.6 Å². The van der Waals surface area contributed by atoms with Gasteiger partial charge in [-0.05, 0) is 58.0 Å². The lowest BCUT2D eigenvalue weighted by atomic mass is 10.2. The topological polar surface area (TPSA) is 54.5 Å². The second-order valence-corrected chi connectivity index (χ2v) is 7.24. The molecule has 3 rings (SSSR count). The Morgan fingerprint density at radius 2 is 2.04 bits per heavy atom. The van der Waals surface area contributed by atoms with Gasteiger partial charge in [-0.1, -0.05) is 0 Å². The van der Waals surface area contributed by atoms with Gasteiger partial charge in [0, 0.05) is 24.7 Å². The third-order valence-corrected chi connectivity index (χ3v) is 5.68. The zero-order valence-electron chi connectivity index (χ0n) is 15.9. The summed E-state index contributed by atoms with van der Waals surface area (Å²) in [5.74, 6) is 0.965. The number of amides is 1. The molecule has 1 amide bonds. The minimum Gasteiger partial charge on any atom is -0.494 e. The monoisotopic (exact) mass is 431 g/mol. The molecule has 1 aliphatic heterocycles. The first-order valence-corrected chi connectivity index (χ1v) is 9.62. The normalized spacial score (nSPS) is 15.8. The molecule has 1 unspecified atom stereocenters. The molecule has 0 saturated carbocycles. The van der Waals surface area contributed by atoms with Gasteiger partial charge in [-0.2, -0.15) is 0 Å².